The zero-order chi connectivity index (χ0) is 18.7. The highest BCUT2D eigenvalue weighted by molar-refractivity contribution is 5.84. The highest BCUT2D eigenvalue weighted by atomic mass is 16.2. The van der Waals surface area contributed by atoms with Gasteiger partial charge in [0.25, 0.3) is 0 Å². The van der Waals surface area contributed by atoms with Crippen molar-refractivity contribution in [1.82, 2.24) is 4.90 Å². The Hall–Kier alpha value is -2.82. The van der Waals surface area contributed by atoms with Gasteiger partial charge in [0.1, 0.15) is 0 Å². The van der Waals surface area contributed by atoms with Crippen LogP contribution in [0, 0.1) is 5.92 Å². The molecule has 0 aliphatic carbocycles. The van der Waals surface area contributed by atoms with Gasteiger partial charge in [0.2, 0.25) is 11.8 Å². The molecule has 2 aromatic rings. The summed E-state index contributed by atoms with van der Waals surface area (Å²) >= 11 is 0. The molecule has 1 heterocycles. The zero-order valence-electron chi connectivity index (χ0n) is 15.3. The Morgan fingerprint density at radius 2 is 1.81 bits per heavy atom. The molecule has 1 aliphatic heterocycles. The van der Waals surface area contributed by atoms with Crippen LogP contribution in [0.25, 0.3) is 0 Å². The van der Waals surface area contributed by atoms with E-state index in [1.807, 2.05) is 73.5 Å². The molecule has 26 heavy (non-hydrogen) atoms. The molecule has 0 saturated carbocycles. The van der Waals surface area contributed by atoms with Crippen LogP contribution >= 0.6 is 0 Å². The van der Waals surface area contributed by atoms with E-state index in [0.29, 0.717) is 13.0 Å². The van der Waals surface area contributed by atoms with Crippen molar-refractivity contribution in [1.29, 1.82) is 0 Å². The Kier molecular flexibility index (Phi) is 5.26. The Bertz CT molecular complexity index is 791. The molecule has 0 radical (unpaired) electrons. The first-order valence-corrected chi connectivity index (χ1v) is 8.90. The van der Waals surface area contributed by atoms with Gasteiger partial charge in [-0.15, -0.1) is 0 Å². The standard InChI is InChI=1S/C21H25N3O2/c1-15(16-8-4-3-5-9-16)23(2)20(25)14-24-13-18(21(22)26)12-17-10-6-7-11-19(17)24/h3-11,15,18H,12-14H2,1-2H3,(H2,22,26)/t15-,18+/m1/s1. The van der Waals surface area contributed by atoms with Crippen LogP contribution in [0.3, 0.4) is 0 Å². The van der Waals surface area contributed by atoms with Crippen LogP contribution in [0.15, 0.2) is 54.6 Å². The second kappa shape index (κ2) is 7.60. The van der Waals surface area contributed by atoms with Crippen LogP contribution in [0.5, 0.6) is 0 Å². The van der Waals surface area contributed by atoms with Gasteiger partial charge >= 0.3 is 0 Å². The molecule has 3 rings (SSSR count). The number of benzene rings is 2. The largest absolute Gasteiger partial charge is 0.369 e. The molecule has 2 aromatic carbocycles. The monoisotopic (exact) mass is 351 g/mol. The van der Waals surface area contributed by atoms with Crippen molar-refractivity contribution >= 4 is 17.5 Å². The van der Waals surface area contributed by atoms with Crippen LogP contribution in [0.4, 0.5) is 5.69 Å². The number of rotatable bonds is 5. The third-order valence-electron chi connectivity index (χ3n) is 5.22. The molecule has 0 spiro atoms. The molecule has 0 aromatic heterocycles. The van der Waals surface area contributed by atoms with Crippen molar-refractivity contribution < 1.29 is 9.59 Å². The number of fused-ring (bicyclic) bond motifs is 1. The molecule has 2 N–H and O–H groups in total. The second-order valence-corrected chi connectivity index (χ2v) is 6.90. The molecule has 0 unspecified atom stereocenters. The lowest BCUT2D eigenvalue weighted by Crippen LogP contribution is -2.46. The maximum atomic E-state index is 12.9. The number of hydrogen-bond acceptors (Lipinski definition) is 3. The van der Waals surface area contributed by atoms with E-state index in [4.69, 9.17) is 5.73 Å². The van der Waals surface area contributed by atoms with E-state index in [9.17, 15) is 9.59 Å². The topological polar surface area (TPSA) is 66.6 Å². The van der Waals surface area contributed by atoms with Crippen molar-refractivity contribution in [2.24, 2.45) is 11.7 Å². The predicted octanol–water partition coefficient (Wildman–Crippen LogP) is 2.37. The molecule has 2 atom stereocenters. The Morgan fingerprint density at radius 1 is 1.15 bits per heavy atom. The number of carbonyl (C=O) groups excluding carboxylic acids is 2. The molecule has 0 bridgehead atoms. The Morgan fingerprint density at radius 3 is 2.50 bits per heavy atom. The van der Waals surface area contributed by atoms with Crippen molar-refractivity contribution in [3.05, 3.63) is 65.7 Å². The molecular weight excluding hydrogens is 326 g/mol. The maximum Gasteiger partial charge on any atom is 0.242 e. The molecule has 0 saturated heterocycles. The van der Waals surface area contributed by atoms with Crippen molar-refractivity contribution in [2.45, 2.75) is 19.4 Å². The lowest BCUT2D eigenvalue weighted by molar-refractivity contribution is -0.130. The number of amides is 2. The van der Waals surface area contributed by atoms with Gasteiger partial charge in [0.15, 0.2) is 0 Å². The number of para-hydroxylation sites is 1. The fourth-order valence-corrected chi connectivity index (χ4v) is 3.47. The van der Waals surface area contributed by atoms with Gasteiger partial charge in [-0.3, -0.25) is 9.59 Å². The number of hydrogen-bond donors (Lipinski definition) is 1. The quantitative estimate of drug-likeness (QED) is 0.899. The fourth-order valence-electron chi connectivity index (χ4n) is 3.47. The van der Waals surface area contributed by atoms with Crippen LogP contribution in [0.1, 0.15) is 24.1 Å². The summed E-state index contributed by atoms with van der Waals surface area (Å²) in [6.45, 7) is 2.73. The van der Waals surface area contributed by atoms with E-state index >= 15 is 0 Å². The minimum Gasteiger partial charge on any atom is -0.369 e. The van der Waals surface area contributed by atoms with Gasteiger partial charge < -0.3 is 15.5 Å². The molecule has 0 fully saturated rings. The molecule has 5 heteroatoms. The van der Waals surface area contributed by atoms with Crippen molar-refractivity contribution in [2.75, 3.05) is 25.0 Å². The Balaban J connectivity index is 1.76. The van der Waals surface area contributed by atoms with E-state index in [0.717, 1.165) is 16.8 Å². The highest BCUT2D eigenvalue weighted by Gasteiger charge is 2.30. The van der Waals surface area contributed by atoms with E-state index in [1.165, 1.54) is 0 Å². The third-order valence-corrected chi connectivity index (χ3v) is 5.22. The minimum absolute atomic E-state index is 0.0151. The Labute approximate surface area is 154 Å². The lowest BCUT2D eigenvalue weighted by atomic mass is 9.92. The zero-order valence-corrected chi connectivity index (χ0v) is 15.3. The first kappa shape index (κ1) is 18.0. The van der Waals surface area contributed by atoms with E-state index in [-0.39, 0.29) is 30.3 Å². The van der Waals surface area contributed by atoms with Gasteiger partial charge in [-0.05, 0) is 30.5 Å². The van der Waals surface area contributed by atoms with Crippen LogP contribution in [0.2, 0.25) is 0 Å². The molecule has 5 nitrogen and oxygen atoms in total. The summed E-state index contributed by atoms with van der Waals surface area (Å²) in [6.07, 6.45) is 0.631. The first-order chi connectivity index (χ1) is 12.5. The summed E-state index contributed by atoms with van der Waals surface area (Å²) in [7, 11) is 1.82. The number of carbonyl (C=O) groups is 2. The number of nitrogens with two attached hydrogens (primary N) is 1. The smallest absolute Gasteiger partial charge is 0.242 e. The number of nitrogens with zero attached hydrogens (tertiary/aromatic N) is 2. The summed E-state index contributed by atoms with van der Waals surface area (Å²) in [4.78, 5) is 28.3. The second-order valence-electron chi connectivity index (χ2n) is 6.90. The average Bonchev–Trinajstić information content (AvgIpc) is 2.67. The third kappa shape index (κ3) is 3.72. The SMILES string of the molecule is C[C@H](c1ccccc1)N(C)C(=O)CN1C[C@@H](C(N)=O)Cc2ccccc21. The van der Waals surface area contributed by atoms with E-state index < -0.39 is 0 Å². The predicted molar refractivity (Wildman–Crippen MR) is 103 cm³/mol. The molecule has 2 amide bonds. The molecule has 1 aliphatic rings. The maximum absolute atomic E-state index is 12.9. The number of primary amides is 1. The van der Waals surface area contributed by atoms with E-state index in [2.05, 4.69) is 0 Å². The van der Waals surface area contributed by atoms with Crippen LogP contribution < -0.4 is 10.6 Å². The average molecular weight is 351 g/mol. The first-order valence-electron chi connectivity index (χ1n) is 8.90. The summed E-state index contributed by atoms with van der Waals surface area (Å²) in [5.41, 5.74) is 8.71. The van der Waals surface area contributed by atoms with Gasteiger partial charge in [0, 0.05) is 19.3 Å². The van der Waals surface area contributed by atoms with Crippen LogP contribution in [-0.4, -0.2) is 36.9 Å². The molecule has 136 valence electrons. The summed E-state index contributed by atoms with van der Waals surface area (Å²) in [5, 5.41) is 0. The van der Waals surface area contributed by atoms with Crippen LogP contribution in [-0.2, 0) is 16.0 Å². The summed E-state index contributed by atoms with van der Waals surface area (Å²) in [6, 6.07) is 17.8. The number of likely N-dealkylation sites (N-methyl/N-ethyl adjacent to an activating group) is 1. The summed E-state index contributed by atoms with van der Waals surface area (Å²) < 4.78 is 0. The van der Waals surface area contributed by atoms with Gasteiger partial charge in [-0.25, -0.2) is 0 Å². The molecular formula is C21H25N3O2. The summed E-state index contributed by atoms with van der Waals surface area (Å²) in [5.74, 6) is -0.571. The lowest BCUT2D eigenvalue weighted by Gasteiger charge is -2.36. The highest BCUT2D eigenvalue weighted by Crippen LogP contribution is 2.30. The van der Waals surface area contributed by atoms with E-state index in [1.54, 1.807) is 4.90 Å². The van der Waals surface area contributed by atoms with Crippen molar-refractivity contribution in [3.63, 3.8) is 0 Å². The number of anilines is 1. The minimum atomic E-state index is -0.317. The van der Waals surface area contributed by atoms with Gasteiger partial charge in [0.05, 0.1) is 18.5 Å². The van der Waals surface area contributed by atoms with Crippen molar-refractivity contribution in [3.8, 4) is 0 Å². The fraction of sp³-hybridized carbons (Fsp3) is 0.333. The van der Waals surface area contributed by atoms with Gasteiger partial charge in [-0.2, -0.15) is 0 Å². The normalized spacial score (nSPS) is 17.3. The van der Waals surface area contributed by atoms with Gasteiger partial charge in [-0.1, -0.05) is 48.5 Å².